The normalized spacial score (nSPS) is 24.6. The number of rotatable bonds is 2. The van der Waals surface area contributed by atoms with Crippen LogP contribution in [0, 0.1) is 5.41 Å². The Bertz CT molecular complexity index is 979. The molecule has 1 heterocycles. The van der Waals surface area contributed by atoms with E-state index in [0.29, 0.717) is 29.8 Å². The number of benzene rings is 2. The summed E-state index contributed by atoms with van der Waals surface area (Å²) in [6, 6.07) is 12.4. The summed E-state index contributed by atoms with van der Waals surface area (Å²) in [6.45, 7) is 7.37. The molecule has 1 aliphatic carbocycles. The van der Waals surface area contributed by atoms with Gasteiger partial charge in [0.05, 0.1) is 12.7 Å². The molecule has 0 saturated carbocycles. The van der Waals surface area contributed by atoms with E-state index in [4.69, 9.17) is 4.74 Å². The number of carbonyl (C=O) groups excluding carboxylic acids is 2. The number of phenols is 1. The number of ether oxygens (including phenoxy) is 1. The monoisotopic (exact) mass is 393 g/mol. The maximum atomic E-state index is 13.4. The Kier molecular flexibility index (Phi) is 4.45. The Balaban J connectivity index is 1.70. The summed E-state index contributed by atoms with van der Waals surface area (Å²) in [4.78, 5) is 27.0. The van der Waals surface area contributed by atoms with Crippen molar-refractivity contribution in [3.63, 3.8) is 0 Å². The van der Waals surface area contributed by atoms with Gasteiger partial charge in [-0.15, -0.1) is 0 Å². The number of hydrogen-bond acceptors (Lipinski definition) is 4. The zero-order valence-corrected chi connectivity index (χ0v) is 17.4. The van der Waals surface area contributed by atoms with Crippen molar-refractivity contribution < 1.29 is 19.4 Å². The SMILES string of the molecule is COC(=O)c1ccc(C(=O)N2CCC3(C)c4cccc(O)c4CC2C3(C)C)cc1. The summed E-state index contributed by atoms with van der Waals surface area (Å²) in [6.07, 6.45) is 1.47. The number of esters is 1. The second kappa shape index (κ2) is 6.61. The van der Waals surface area contributed by atoms with Crippen LogP contribution in [-0.2, 0) is 16.6 Å². The maximum Gasteiger partial charge on any atom is 0.337 e. The number of phenolic OH excluding ortho intramolecular Hbond substituents is 1. The lowest BCUT2D eigenvalue weighted by atomic mass is 9.51. The number of nitrogens with zero attached hydrogens (tertiary/aromatic N) is 1. The molecule has 2 aliphatic rings. The highest BCUT2D eigenvalue weighted by Gasteiger charge is 2.57. The predicted molar refractivity (Wildman–Crippen MR) is 110 cm³/mol. The molecule has 1 N–H and O–H groups in total. The van der Waals surface area contributed by atoms with E-state index in [1.165, 1.54) is 12.7 Å². The lowest BCUT2D eigenvalue weighted by Gasteiger charge is -2.60. The molecule has 2 bridgehead atoms. The molecule has 1 fully saturated rings. The van der Waals surface area contributed by atoms with Crippen LogP contribution >= 0.6 is 0 Å². The van der Waals surface area contributed by atoms with Crippen molar-refractivity contribution in [1.82, 2.24) is 4.90 Å². The molecule has 2 aromatic carbocycles. The first-order valence-electron chi connectivity index (χ1n) is 10.0. The van der Waals surface area contributed by atoms with Gasteiger partial charge in [0.1, 0.15) is 5.75 Å². The molecule has 152 valence electrons. The number of methoxy groups -OCH3 is 1. The standard InChI is InChI=1S/C24H27NO4/c1-23(2)20-14-17-18(6-5-7-19(17)26)24(23,3)12-13-25(20)21(27)15-8-10-16(11-9-15)22(28)29-4/h5-11,20,26H,12-14H2,1-4H3. The van der Waals surface area contributed by atoms with Gasteiger partial charge in [0.15, 0.2) is 0 Å². The van der Waals surface area contributed by atoms with Crippen molar-refractivity contribution in [3.8, 4) is 5.75 Å². The average molecular weight is 393 g/mol. The molecule has 0 spiro atoms. The molecule has 5 heteroatoms. The molecule has 5 nitrogen and oxygen atoms in total. The van der Waals surface area contributed by atoms with Crippen molar-refractivity contribution in [2.45, 2.75) is 45.1 Å². The Morgan fingerprint density at radius 3 is 2.38 bits per heavy atom. The first-order chi connectivity index (χ1) is 13.7. The van der Waals surface area contributed by atoms with Crippen LogP contribution in [-0.4, -0.2) is 41.6 Å². The smallest absolute Gasteiger partial charge is 0.337 e. The number of likely N-dealkylation sites (tertiary alicyclic amines) is 1. The molecular formula is C24H27NO4. The summed E-state index contributed by atoms with van der Waals surface area (Å²) < 4.78 is 4.73. The summed E-state index contributed by atoms with van der Waals surface area (Å²) >= 11 is 0. The summed E-state index contributed by atoms with van der Waals surface area (Å²) in [5.41, 5.74) is 2.88. The zero-order chi connectivity index (χ0) is 21.0. The first-order valence-corrected chi connectivity index (χ1v) is 10.0. The summed E-state index contributed by atoms with van der Waals surface area (Å²) in [7, 11) is 1.34. The van der Waals surface area contributed by atoms with E-state index in [9.17, 15) is 14.7 Å². The summed E-state index contributed by atoms with van der Waals surface area (Å²) in [5, 5.41) is 10.5. The molecule has 2 atom stereocenters. The van der Waals surface area contributed by atoms with Crippen LogP contribution < -0.4 is 0 Å². The molecule has 4 rings (SSSR count). The lowest BCUT2D eigenvalue weighted by Crippen LogP contribution is -2.64. The van der Waals surface area contributed by atoms with E-state index in [1.807, 2.05) is 11.0 Å². The van der Waals surface area contributed by atoms with E-state index < -0.39 is 5.97 Å². The van der Waals surface area contributed by atoms with Crippen LogP contribution in [0.15, 0.2) is 42.5 Å². The highest BCUT2D eigenvalue weighted by atomic mass is 16.5. The van der Waals surface area contributed by atoms with E-state index in [0.717, 1.165) is 12.0 Å². The average Bonchev–Trinajstić information content (AvgIpc) is 2.70. The molecule has 1 amide bonds. The van der Waals surface area contributed by atoms with Gasteiger partial charge in [-0.2, -0.15) is 0 Å². The minimum absolute atomic E-state index is 0.0187. The Labute approximate surface area is 171 Å². The van der Waals surface area contributed by atoms with E-state index in [2.05, 4.69) is 26.8 Å². The number of carbonyl (C=O) groups is 2. The summed E-state index contributed by atoms with van der Waals surface area (Å²) in [5.74, 6) is -0.149. The molecule has 0 aromatic heterocycles. The second-order valence-corrected chi connectivity index (χ2v) is 8.89. The lowest BCUT2D eigenvalue weighted by molar-refractivity contribution is -0.0266. The van der Waals surface area contributed by atoms with Gasteiger partial charge in [-0.1, -0.05) is 32.9 Å². The fourth-order valence-electron chi connectivity index (χ4n) is 5.20. The third-order valence-corrected chi connectivity index (χ3v) is 7.44. The zero-order valence-electron chi connectivity index (χ0n) is 17.4. The van der Waals surface area contributed by atoms with E-state index in [-0.39, 0.29) is 22.8 Å². The second-order valence-electron chi connectivity index (χ2n) is 8.89. The fourth-order valence-corrected chi connectivity index (χ4v) is 5.20. The molecule has 1 saturated heterocycles. The number of piperidine rings is 1. The first kappa shape index (κ1) is 19.5. The van der Waals surface area contributed by atoms with Gasteiger partial charge in [0, 0.05) is 23.6 Å². The van der Waals surface area contributed by atoms with Crippen LogP contribution in [0.1, 0.15) is 59.0 Å². The van der Waals surface area contributed by atoms with E-state index >= 15 is 0 Å². The van der Waals surface area contributed by atoms with Crippen LogP contribution in [0.5, 0.6) is 5.75 Å². The molecule has 0 radical (unpaired) electrons. The van der Waals surface area contributed by atoms with Crippen molar-refractivity contribution in [2.24, 2.45) is 5.41 Å². The quantitative estimate of drug-likeness (QED) is 0.785. The van der Waals surface area contributed by atoms with Gasteiger partial charge in [0.25, 0.3) is 5.91 Å². The van der Waals surface area contributed by atoms with Crippen molar-refractivity contribution in [2.75, 3.05) is 13.7 Å². The van der Waals surface area contributed by atoms with Crippen LogP contribution in [0.4, 0.5) is 0 Å². The number of aromatic hydroxyl groups is 1. The topological polar surface area (TPSA) is 66.8 Å². The van der Waals surface area contributed by atoms with Gasteiger partial charge >= 0.3 is 5.97 Å². The van der Waals surface area contributed by atoms with Crippen molar-refractivity contribution in [3.05, 3.63) is 64.7 Å². The van der Waals surface area contributed by atoms with Crippen LogP contribution in [0.2, 0.25) is 0 Å². The highest BCUT2D eigenvalue weighted by Crippen LogP contribution is 2.57. The van der Waals surface area contributed by atoms with E-state index in [1.54, 1.807) is 30.3 Å². The number of hydrogen-bond donors (Lipinski definition) is 1. The van der Waals surface area contributed by atoms with Crippen molar-refractivity contribution >= 4 is 11.9 Å². The van der Waals surface area contributed by atoms with Gasteiger partial charge in [-0.3, -0.25) is 4.79 Å². The fraction of sp³-hybridized carbons (Fsp3) is 0.417. The van der Waals surface area contributed by atoms with Gasteiger partial charge in [-0.25, -0.2) is 4.79 Å². The van der Waals surface area contributed by atoms with Crippen LogP contribution in [0.25, 0.3) is 0 Å². The van der Waals surface area contributed by atoms with Crippen molar-refractivity contribution in [1.29, 1.82) is 0 Å². The molecule has 29 heavy (non-hydrogen) atoms. The minimum Gasteiger partial charge on any atom is -0.508 e. The third kappa shape index (κ3) is 2.75. The van der Waals surface area contributed by atoms with Gasteiger partial charge in [0.2, 0.25) is 0 Å². The maximum absolute atomic E-state index is 13.4. The minimum atomic E-state index is -0.418. The van der Waals surface area contributed by atoms with Gasteiger partial charge in [-0.05, 0) is 59.7 Å². The number of amides is 1. The largest absolute Gasteiger partial charge is 0.508 e. The third-order valence-electron chi connectivity index (χ3n) is 7.44. The molecule has 2 unspecified atom stereocenters. The molecule has 1 aliphatic heterocycles. The molecular weight excluding hydrogens is 366 g/mol. The van der Waals surface area contributed by atoms with Crippen LogP contribution in [0.3, 0.4) is 0 Å². The Morgan fingerprint density at radius 2 is 1.72 bits per heavy atom. The predicted octanol–water partition coefficient (Wildman–Crippen LogP) is 3.93. The highest BCUT2D eigenvalue weighted by molar-refractivity contribution is 5.96. The van der Waals surface area contributed by atoms with Gasteiger partial charge < -0.3 is 14.7 Å². The Morgan fingerprint density at radius 1 is 1.07 bits per heavy atom. The molecule has 2 aromatic rings. The number of fused-ring (bicyclic) bond motifs is 4. The Hall–Kier alpha value is -2.82.